The molecule has 1 aromatic carbocycles. The van der Waals surface area contributed by atoms with Gasteiger partial charge in [0.15, 0.2) is 5.58 Å². The van der Waals surface area contributed by atoms with Gasteiger partial charge in [-0.15, -0.1) is 0 Å². The number of hydrogen-bond acceptors (Lipinski definition) is 6. The maximum Gasteiger partial charge on any atom is 0.419 e. The van der Waals surface area contributed by atoms with Crippen LogP contribution in [-0.2, 0) is 17.1 Å². The number of carbonyl (C=O) groups excluding carboxylic acids is 1. The molecule has 1 aliphatic heterocycles. The predicted octanol–water partition coefficient (Wildman–Crippen LogP) is 1.44. The van der Waals surface area contributed by atoms with Crippen molar-refractivity contribution >= 4 is 43.0 Å². The molecular formula is C18H17BrN4O5S. The average Bonchev–Trinajstić information content (AvgIpc) is 3.00. The Labute approximate surface area is 174 Å². The number of carbonyl (C=O) groups is 1. The molecule has 1 amide bonds. The smallest absolute Gasteiger partial charge is 0.408 e. The number of piperazine rings is 1. The van der Waals surface area contributed by atoms with E-state index in [1.165, 1.54) is 27.2 Å². The van der Waals surface area contributed by atoms with Gasteiger partial charge in [-0.1, -0.05) is 0 Å². The summed E-state index contributed by atoms with van der Waals surface area (Å²) in [6.45, 7) is 0.888. The van der Waals surface area contributed by atoms with Crippen molar-refractivity contribution in [3.8, 4) is 0 Å². The summed E-state index contributed by atoms with van der Waals surface area (Å²) in [5.41, 5.74) is 1.18. The summed E-state index contributed by atoms with van der Waals surface area (Å²) in [5, 5.41) is 0. The van der Waals surface area contributed by atoms with E-state index in [-0.39, 0.29) is 42.6 Å². The van der Waals surface area contributed by atoms with Crippen LogP contribution >= 0.6 is 15.9 Å². The standard InChI is InChI=1S/C18H17BrN4O5S/c1-21-15-3-2-14(9-16(15)28-18(21)25)29(26,27)23-6-4-22(5-7-23)17(24)12-8-13(19)11-20-10-12/h2-3,8-11H,4-7H2,1H3. The van der Waals surface area contributed by atoms with Gasteiger partial charge in [-0.2, -0.15) is 4.31 Å². The molecule has 4 rings (SSSR count). The van der Waals surface area contributed by atoms with Crippen LogP contribution < -0.4 is 5.76 Å². The maximum atomic E-state index is 13.0. The summed E-state index contributed by atoms with van der Waals surface area (Å²) < 4.78 is 34.4. The number of aryl methyl sites for hydroxylation is 1. The molecule has 0 bridgehead atoms. The first-order valence-electron chi connectivity index (χ1n) is 8.77. The van der Waals surface area contributed by atoms with Gasteiger partial charge in [-0.05, 0) is 34.1 Å². The second-order valence-electron chi connectivity index (χ2n) is 6.64. The summed E-state index contributed by atoms with van der Waals surface area (Å²) in [4.78, 5) is 29.9. The third-order valence-electron chi connectivity index (χ3n) is 4.88. The molecule has 0 saturated carbocycles. The van der Waals surface area contributed by atoms with E-state index in [1.807, 2.05) is 0 Å². The van der Waals surface area contributed by atoms with Crippen molar-refractivity contribution in [1.29, 1.82) is 0 Å². The zero-order valence-electron chi connectivity index (χ0n) is 15.4. The lowest BCUT2D eigenvalue weighted by Crippen LogP contribution is -2.50. The molecule has 3 heterocycles. The highest BCUT2D eigenvalue weighted by molar-refractivity contribution is 9.10. The van der Waals surface area contributed by atoms with Gasteiger partial charge in [0.05, 0.1) is 16.0 Å². The Bertz CT molecular complexity index is 1260. The summed E-state index contributed by atoms with van der Waals surface area (Å²) in [5.74, 6) is -0.743. The molecule has 0 radical (unpaired) electrons. The molecule has 2 aromatic heterocycles. The molecule has 152 valence electrons. The van der Waals surface area contributed by atoms with Crippen molar-refractivity contribution < 1.29 is 17.6 Å². The van der Waals surface area contributed by atoms with Crippen LogP contribution in [0.1, 0.15) is 10.4 Å². The molecular weight excluding hydrogens is 464 g/mol. The van der Waals surface area contributed by atoms with Gasteiger partial charge in [0.25, 0.3) is 5.91 Å². The predicted molar refractivity (Wildman–Crippen MR) is 108 cm³/mol. The summed E-state index contributed by atoms with van der Waals surface area (Å²) >= 11 is 3.29. The van der Waals surface area contributed by atoms with Gasteiger partial charge in [-0.25, -0.2) is 13.2 Å². The minimum absolute atomic E-state index is 0.0512. The van der Waals surface area contributed by atoms with Crippen molar-refractivity contribution in [2.45, 2.75) is 4.90 Å². The number of fused-ring (bicyclic) bond motifs is 1. The van der Waals surface area contributed by atoms with Gasteiger partial charge in [0.1, 0.15) is 0 Å². The summed E-state index contributed by atoms with van der Waals surface area (Å²) in [7, 11) is -2.22. The van der Waals surface area contributed by atoms with Gasteiger partial charge >= 0.3 is 5.76 Å². The molecule has 1 saturated heterocycles. The fourth-order valence-electron chi connectivity index (χ4n) is 3.27. The molecule has 11 heteroatoms. The lowest BCUT2D eigenvalue weighted by Gasteiger charge is -2.34. The van der Waals surface area contributed by atoms with E-state index in [2.05, 4.69) is 20.9 Å². The second-order valence-corrected chi connectivity index (χ2v) is 9.50. The van der Waals surface area contributed by atoms with Gasteiger partial charge in [-0.3, -0.25) is 14.3 Å². The fourth-order valence-corrected chi connectivity index (χ4v) is 5.07. The van der Waals surface area contributed by atoms with Gasteiger partial charge < -0.3 is 9.32 Å². The Morgan fingerprint density at radius 2 is 1.86 bits per heavy atom. The lowest BCUT2D eigenvalue weighted by atomic mass is 10.2. The first-order chi connectivity index (χ1) is 13.8. The fraction of sp³-hybridized carbons (Fsp3) is 0.278. The molecule has 9 nitrogen and oxygen atoms in total. The SMILES string of the molecule is Cn1c(=O)oc2cc(S(=O)(=O)N3CCN(C(=O)c4cncc(Br)c4)CC3)ccc21. The van der Waals surface area contributed by atoms with Crippen LogP contribution in [0.5, 0.6) is 0 Å². The van der Waals surface area contributed by atoms with Crippen molar-refractivity contribution in [2.24, 2.45) is 7.05 Å². The molecule has 29 heavy (non-hydrogen) atoms. The number of aromatic nitrogens is 2. The third kappa shape index (κ3) is 3.61. The van der Waals surface area contributed by atoms with E-state index in [9.17, 15) is 18.0 Å². The van der Waals surface area contributed by atoms with Crippen LogP contribution in [0, 0.1) is 0 Å². The number of hydrogen-bond donors (Lipinski definition) is 0. The Balaban J connectivity index is 1.51. The minimum Gasteiger partial charge on any atom is -0.408 e. The van der Waals surface area contributed by atoms with E-state index < -0.39 is 15.8 Å². The zero-order chi connectivity index (χ0) is 20.8. The van der Waals surface area contributed by atoms with Crippen molar-refractivity contribution in [3.05, 3.63) is 57.2 Å². The number of halogens is 1. The number of benzene rings is 1. The van der Waals surface area contributed by atoms with Crippen molar-refractivity contribution in [3.63, 3.8) is 0 Å². The molecule has 0 aliphatic carbocycles. The van der Waals surface area contributed by atoms with Crippen LogP contribution in [0.15, 0.2) is 55.2 Å². The normalized spacial score (nSPS) is 15.7. The Kier molecular flexibility index (Phi) is 5.05. The van der Waals surface area contributed by atoms with Crippen LogP contribution in [-0.4, -0.2) is 59.3 Å². The third-order valence-corrected chi connectivity index (χ3v) is 7.21. The topological polar surface area (TPSA) is 106 Å². The van der Waals surface area contributed by atoms with Crippen LogP contribution in [0.2, 0.25) is 0 Å². The van der Waals surface area contributed by atoms with Crippen LogP contribution in [0.25, 0.3) is 11.1 Å². The number of oxazole rings is 1. The number of rotatable bonds is 3. The highest BCUT2D eigenvalue weighted by Gasteiger charge is 2.31. The van der Waals surface area contributed by atoms with Crippen molar-refractivity contribution in [1.82, 2.24) is 18.8 Å². The van der Waals surface area contributed by atoms with E-state index in [1.54, 1.807) is 30.3 Å². The van der Waals surface area contributed by atoms with E-state index in [4.69, 9.17) is 4.42 Å². The van der Waals surface area contributed by atoms with Crippen molar-refractivity contribution in [2.75, 3.05) is 26.2 Å². The highest BCUT2D eigenvalue weighted by atomic mass is 79.9. The monoisotopic (exact) mass is 480 g/mol. The second kappa shape index (κ2) is 7.39. The van der Waals surface area contributed by atoms with Crippen LogP contribution in [0.4, 0.5) is 0 Å². The highest BCUT2D eigenvalue weighted by Crippen LogP contribution is 2.23. The van der Waals surface area contributed by atoms with Crippen LogP contribution in [0.3, 0.4) is 0 Å². The number of pyridine rings is 1. The van der Waals surface area contributed by atoms with E-state index in [0.717, 1.165) is 0 Å². The van der Waals surface area contributed by atoms with Gasteiger partial charge in [0, 0.05) is 56.2 Å². The first kappa shape index (κ1) is 19.8. The Morgan fingerprint density at radius 1 is 1.14 bits per heavy atom. The Hall–Kier alpha value is -2.50. The van der Waals surface area contributed by atoms with E-state index in [0.29, 0.717) is 15.6 Å². The molecule has 0 atom stereocenters. The first-order valence-corrected chi connectivity index (χ1v) is 11.0. The average molecular weight is 481 g/mol. The zero-order valence-corrected chi connectivity index (χ0v) is 17.8. The number of amides is 1. The Morgan fingerprint density at radius 3 is 2.55 bits per heavy atom. The summed E-state index contributed by atoms with van der Waals surface area (Å²) in [6.07, 6.45) is 3.08. The van der Waals surface area contributed by atoms with Gasteiger partial charge in [0.2, 0.25) is 10.0 Å². The lowest BCUT2D eigenvalue weighted by molar-refractivity contribution is 0.0697. The molecule has 1 fully saturated rings. The largest absolute Gasteiger partial charge is 0.419 e. The van der Waals surface area contributed by atoms with E-state index >= 15 is 0 Å². The maximum absolute atomic E-state index is 13.0. The molecule has 0 unspecified atom stereocenters. The molecule has 1 aliphatic rings. The minimum atomic E-state index is -3.77. The quantitative estimate of drug-likeness (QED) is 0.561. The number of nitrogens with zero attached hydrogens (tertiary/aromatic N) is 4. The summed E-state index contributed by atoms with van der Waals surface area (Å²) in [6, 6.07) is 6.04. The molecule has 0 spiro atoms. The number of sulfonamides is 1. The molecule has 3 aromatic rings. The molecule has 0 N–H and O–H groups in total.